The predicted octanol–water partition coefficient (Wildman–Crippen LogP) is 3.53. The number of anilines is 1. The number of hydrogen-bond acceptors (Lipinski definition) is 3. The van der Waals surface area contributed by atoms with Gasteiger partial charge in [-0.2, -0.15) is 0 Å². The smallest absolute Gasteiger partial charge is 0.257 e. The van der Waals surface area contributed by atoms with Gasteiger partial charge in [0.25, 0.3) is 5.91 Å². The standard InChI is InChI=1S/C15H13ClFNO3S/c1-2-22(20,21)13-9-4-3-6-10(13)15(19)18-12-8-5-7-11(16)14(12)17/h3-9H,2H2,1H3,(H,18,19). The molecule has 0 spiro atoms. The number of nitrogens with one attached hydrogen (secondary N) is 1. The molecule has 2 aromatic rings. The molecule has 0 radical (unpaired) electrons. The van der Waals surface area contributed by atoms with Crippen molar-refractivity contribution in [3.63, 3.8) is 0 Å². The summed E-state index contributed by atoms with van der Waals surface area (Å²) in [7, 11) is -3.57. The van der Waals surface area contributed by atoms with Gasteiger partial charge < -0.3 is 5.32 Å². The fourth-order valence-corrected chi connectivity index (χ4v) is 3.14. The molecular weight excluding hydrogens is 329 g/mol. The molecular formula is C15H13ClFNO3S. The number of rotatable bonds is 4. The van der Waals surface area contributed by atoms with E-state index in [1.807, 2.05) is 0 Å². The van der Waals surface area contributed by atoms with Crippen molar-refractivity contribution in [3.8, 4) is 0 Å². The number of benzene rings is 2. The zero-order chi connectivity index (χ0) is 16.3. The highest BCUT2D eigenvalue weighted by molar-refractivity contribution is 7.91. The Bertz CT molecular complexity index is 821. The van der Waals surface area contributed by atoms with Gasteiger partial charge in [0, 0.05) is 0 Å². The topological polar surface area (TPSA) is 63.2 Å². The van der Waals surface area contributed by atoms with E-state index in [2.05, 4.69) is 5.32 Å². The molecule has 0 aliphatic rings. The summed E-state index contributed by atoms with van der Waals surface area (Å²) >= 11 is 5.65. The zero-order valence-electron chi connectivity index (χ0n) is 11.6. The van der Waals surface area contributed by atoms with Crippen molar-refractivity contribution in [2.24, 2.45) is 0 Å². The van der Waals surface area contributed by atoms with Crippen molar-refractivity contribution in [3.05, 3.63) is 58.9 Å². The van der Waals surface area contributed by atoms with E-state index >= 15 is 0 Å². The molecule has 1 amide bonds. The summed E-state index contributed by atoms with van der Waals surface area (Å²) in [5.74, 6) is -1.62. The van der Waals surface area contributed by atoms with E-state index in [0.717, 1.165) is 0 Å². The van der Waals surface area contributed by atoms with Gasteiger partial charge in [-0.1, -0.05) is 36.7 Å². The van der Waals surface area contributed by atoms with Gasteiger partial charge in [-0.05, 0) is 24.3 Å². The molecule has 2 aromatic carbocycles. The summed E-state index contributed by atoms with van der Waals surface area (Å²) in [6.45, 7) is 1.49. The minimum atomic E-state index is -3.57. The van der Waals surface area contributed by atoms with Gasteiger partial charge in [0.15, 0.2) is 15.7 Å². The lowest BCUT2D eigenvalue weighted by atomic mass is 10.2. The van der Waals surface area contributed by atoms with Crippen LogP contribution in [0, 0.1) is 5.82 Å². The van der Waals surface area contributed by atoms with E-state index in [4.69, 9.17) is 11.6 Å². The van der Waals surface area contributed by atoms with Crippen LogP contribution in [0.2, 0.25) is 5.02 Å². The molecule has 0 fully saturated rings. The third-order valence-corrected chi connectivity index (χ3v) is 5.12. The number of amides is 1. The number of halogens is 2. The first-order chi connectivity index (χ1) is 10.4. The molecule has 0 aromatic heterocycles. The molecule has 0 saturated heterocycles. The van der Waals surface area contributed by atoms with Crippen LogP contribution < -0.4 is 5.32 Å². The predicted molar refractivity (Wildman–Crippen MR) is 83.5 cm³/mol. The Morgan fingerprint density at radius 1 is 1.18 bits per heavy atom. The van der Waals surface area contributed by atoms with Gasteiger partial charge in [0.05, 0.1) is 26.9 Å². The molecule has 22 heavy (non-hydrogen) atoms. The lowest BCUT2D eigenvalue weighted by Gasteiger charge is -2.11. The van der Waals surface area contributed by atoms with Gasteiger partial charge in [0.1, 0.15) is 0 Å². The average Bonchev–Trinajstić information content (AvgIpc) is 2.51. The molecule has 0 aliphatic heterocycles. The quantitative estimate of drug-likeness (QED) is 0.925. The van der Waals surface area contributed by atoms with Crippen molar-refractivity contribution in [2.75, 3.05) is 11.1 Å². The largest absolute Gasteiger partial charge is 0.319 e. The summed E-state index contributed by atoms with van der Waals surface area (Å²) in [5, 5.41) is 2.21. The van der Waals surface area contributed by atoms with Crippen molar-refractivity contribution in [2.45, 2.75) is 11.8 Å². The normalized spacial score (nSPS) is 11.2. The number of hydrogen-bond donors (Lipinski definition) is 1. The first-order valence-corrected chi connectivity index (χ1v) is 8.47. The number of sulfone groups is 1. The number of carbonyl (C=O) groups excluding carboxylic acids is 1. The van der Waals surface area contributed by atoms with Crippen LogP contribution in [-0.2, 0) is 9.84 Å². The Morgan fingerprint density at radius 2 is 1.86 bits per heavy atom. The first kappa shape index (κ1) is 16.5. The Labute approximate surface area is 132 Å². The van der Waals surface area contributed by atoms with E-state index in [1.54, 1.807) is 0 Å². The molecule has 0 bridgehead atoms. The molecule has 2 rings (SSSR count). The van der Waals surface area contributed by atoms with Crippen molar-refractivity contribution in [1.82, 2.24) is 0 Å². The Kier molecular flexibility index (Phi) is 4.83. The molecule has 7 heteroatoms. The van der Waals surface area contributed by atoms with Crippen LogP contribution in [0.4, 0.5) is 10.1 Å². The number of carbonyl (C=O) groups is 1. The third kappa shape index (κ3) is 3.28. The zero-order valence-corrected chi connectivity index (χ0v) is 13.2. The monoisotopic (exact) mass is 341 g/mol. The van der Waals surface area contributed by atoms with Crippen LogP contribution >= 0.6 is 11.6 Å². The second-order valence-electron chi connectivity index (χ2n) is 4.46. The maximum atomic E-state index is 13.8. The fourth-order valence-electron chi connectivity index (χ4n) is 1.87. The molecule has 4 nitrogen and oxygen atoms in total. The highest BCUT2D eigenvalue weighted by atomic mass is 35.5. The maximum absolute atomic E-state index is 13.8. The Morgan fingerprint density at radius 3 is 2.55 bits per heavy atom. The molecule has 116 valence electrons. The SMILES string of the molecule is CCS(=O)(=O)c1ccccc1C(=O)Nc1cccc(Cl)c1F. The van der Waals surface area contributed by atoms with E-state index in [-0.39, 0.29) is 26.9 Å². The fraction of sp³-hybridized carbons (Fsp3) is 0.133. The van der Waals surface area contributed by atoms with Crippen LogP contribution in [-0.4, -0.2) is 20.1 Å². The van der Waals surface area contributed by atoms with Crippen LogP contribution in [0.1, 0.15) is 17.3 Å². The van der Waals surface area contributed by atoms with Crippen molar-refractivity contribution >= 4 is 33.0 Å². The summed E-state index contributed by atoms with van der Waals surface area (Å²) in [6.07, 6.45) is 0. The summed E-state index contributed by atoms with van der Waals surface area (Å²) in [5.41, 5.74) is -0.148. The lowest BCUT2D eigenvalue weighted by Crippen LogP contribution is -2.18. The second kappa shape index (κ2) is 6.46. The molecule has 1 N–H and O–H groups in total. The highest BCUT2D eigenvalue weighted by Gasteiger charge is 2.21. The molecule has 0 aliphatic carbocycles. The maximum Gasteiger partial charge on any atom is 0.257 e. The molecule has 0 saturated carbocycles. The molecule has 0 heterocycles. The van der Waals surface area contributed by atoms with Crippen molar-refractivity contribution < 1.29 is 17.6 Å². The Balaban J connectivity index is 2.41. The summed E-state index contributed by atoms with van der Waals surface area (Å²) < 4.78 is 37.9. The van der Waals surface area contributed by atoms with Crippen LogP contribution in [0.3, 0.4) is 0 Å². The van der Waals surface area contributed by atoms with Crippen LogP contribution in [0.5, 0.6) is 0 Å². The summed E-state index contributed by atoms with van der Waals surface area (Å²) in [6, 6.07) is 9.97. The second-order valence-corrected chi connectivity index (χ2v) is 7.11. The highest BCUT2D eigenvalue weighted by Crippen LogP contribution is 2.24. The Hall–Kier alpha value is -1.92. The van der Waals surface area contributed by atoms with Gasteiger partial charge in [0.2, 0.25) is 0 Å². The van der Waals surface area contributed by atoms with E-state index in [0.29, 0.717) is 0 Å². The minimum Gasteiger partial charge on any atom is -0.319 e. The summed E-state index contributed by atoms with van der Waals surface area (Å²) in [4.78, 5) is 12.2. The van der Waals surface area contributed by atoms with Gasteiger partial charge in [-0.25, -0.2) is 12.8 Å². The van der Waals surface area contributed by atoms with Gasteiger partial charge in [-0.3, -0.25) is 4.79 Å². The lowest BCUT2D eigenvalue weighted by molar-refractivity contribution is 0.102. The van der Waals surface area contributed by atoms with E-state index in [1.165, 1.54) is 49.4 Å². The van der Waals surface area contributed by atoms with Gasteiger partial charge in [-0.15, -0.1) is 0 Å². The molecule has 0 unspecified atom stereocenters. The third-order valence-electron chi connectivity index (χ3n) is 3.05. The first-order valence-electron chi connectivity index (χ1n) is 6.44. The van der Waals surface area contributed by atoms with Crippen LogP contribution in [0.15, 0.2) is 47.4 Å². The van der Waals surface area contributed by atoms with Crippen LogP contribution in [0.25, 0.3) is 0 Å². The minimum absolute atomic E-state index is 0.0382. The van der Waals surface area contributed by atoms with E-state index in [9.17, 15) is 17.6 Å². The molecule has 0 atom stereocenters. The van der Waals surface area contributed by atoms with E-state index < -0.39 is 21.6 Å². The van der Waals surface area contributed by atoms with Gasteiger partial charge >= 0.3 is 0 Å². The average molecular weight is 342 g/mol. The van der Waals surface area contributed by atoms with Crippen molar-refractivity contribution in [1.29, 1.82) is 0 Å².